The van der Waals surface area contributed by atoms with Crippen molar-refractivity contribution in [1.29, 1.82) is 0 Å². The Balaban J connectivity index is 1.99. The summed E-state index contributed by atoms with van der Waals surface area (Å²) in [5.74, 6) is 1.26. The van der Waals surface area contributed by atoms with Gasteiger partial charge in [-0.3, -0.25) is 0 Å². The van der Waals surface area contributed by atoms with Crippen molar-refractivity contribution >= 4 is 15.9 Å². The van der Waals surface area contributed by atoms with Crippen molar-refractivity contribution in [1.82, 2.24) is 0 Å². The lowest BCUT2D eigenvalue weighted by atomic mass is 10.0. The van der Waals surface area contributed by atoms with Crippen LogP contribution in [0, 0.1) is 0 Å². The Kier molecular flexibility index (Phi) is 5.00. The van der Waals surface area contributed by atoms with Crippen LogP contribution in [-0.4, -0.2) is 6.54 Å². The second kappa shape index (κ2) is 6.73. The third kappa shape index (κ3) is 3.82. The number of hydrogen-bond acceptors (Lipinski definition) is 2. The number of rotatable bonds is 5. The van der Waals surface area contributed by atoms with Gasteiger partial charge in [0, 0.05) is 0 Å². The van der Waals surface area contributed by atoms with Gasteiger partial charge in [0.2, 0.25) is 0 Å². The second-order valence-electron chi connectivity index (χ2n) is 4.60. The summed E-state index contributed by atoms with van der Waals surface area (Å²) in [6.07, 6.45) is 0. The SMILES string of the molecule is CC(CN)c1ccc(COc2ccccc2Br)cc1. The van der Waals surface area contributed by atoms with Crippen LogP contribution in [0.1, 0.15) is 24.0 Å². The van der Waals surface area contributed by atoms with Gasteiger partial charge in [-0.25, -0.2) is 0 Å². The van der Waals surface area contributed by atoms with Crippen LogP contribution in [-0.2, 0) is 6.61 Å². The summed E-state index contributed by atoms with van der Waals surface area (Å²) in [7, 11) is 0. The number of halogens is 1. The summed E-state index contributed by atoms with van der Waals surface area (Å²) >= 11 is 3.47. The largest absolute Gasteiger partial charge is 0.488 e. The van der Waals surface area contributed by atoms with Crippen molar-refractivity contribution in [2.75, 3.05) is 6.54 Å². The fourth-order valence-electron chi connectivity index (χ4n) is 1.80. The molecule has 0 aliphatic rings. The monoisotopic (exact) mass is 319 g/mol. The van der Waals surface area contributed by atoms with Crippen LogP contribution in [0.3, 0.4) is 0 Å². The van der Waals surface area contributed by atoms with Gasteiger partial charge in [-0.2, -0.15) is 0 Å². The van der Waals surface area contributed by atoms with E-state index in [0.29, 0.717) is 19.1 Å². The number of para-hydroxylation sites is 1. The highest BCUT2D eigenvalue weighted by Gasteiger charge is 2.04. The number of ether oxygens (including phenoxy) is 1. The van der Waals surface area contributed by atoms with Gasteiger partial charge in [-0.05, 0) is 51.7 Å². The van der Waals surface area contributed by atoms with E-state index in [4.69, 9.17) is 10.5 Å². The summed E-state index contributed by atoms with van der Waals surface area (Å²) < 4.78 is 6.75. The molecule has 2 nitrogen and oxygen atoms in total. The quantitative estimate of drug-likeness (QED) is 0.900. The molecule has 2 aromatic carbocycles. The molecule has 2 rings (SSSR count). The summed E-state index contributed by atoms with van der Waals surface area (Å²) in [5.41, 5.74) is 8.09. The first-order valence-electron chi connectivity index (χ1n) is 6.37. The average molecular weight is 320 g/mol. The van der Waals surface area contributed by atoms with Crippen LogP contribution in [0.4, 0.5) is 0 Å². The molecule has 3 heteroatoms. The zero-order valence-electron chi connectivity index (χ0n) is 11.0. The Morgan fingerprint density at radius 1 is 1.11 bits per heavy atom. The predicted molar refractivity (Wildman–Crippen MR) is 82.4 cm³/mol. The molecular weight excluding hydrogens is 302 g/mol. The van der Waals surface area contributed by atoms with Gasteiger partial charge in [0.25, 0.3) is 0 Å². The number of hydrogen-bond donors (Lipinski definition) is 1. The Hall–Kier alpha value is -1.32. The molecule has 0 saturated carbocycles. The Labute approximate surface area is 122 Å². The maximum Gasteiger partial charge on any atom is 0.133 e. The van der Waals surface area contributed by atoms with Gasteiger partial charge in [-0.15, -0.1) is 0 Å². The van der Waals surface area contributed by atoms with Crippen molar-refractivity contribution in [2.45, 2.75) is 19.4 Å². The molecule has 2 N–H and O–H groups in total. The smallest absolute Gasteiger partial charge is 0.133 e. The van der Waals surface area contributed by atoms with E-state index in [1.54, 1.807) is 0 Å². The van der Waals surface area contributed by atoms with Crippen molar-refractivity contribution in [2.24, 2.45) is 5.73 Å². The molecule has 100 valence electrons. The van der Waals surface area contributed by atoms with Crippen LogP contribution in [0.25, 0.3) is 0 Å². The minimum atomic E-state index is 0.401. The van der Waals surface area contributed by atoms with Gasteiger partial charge >= 0.3 is 0 Å². The van der Waals surface area contributed by atoms with Crippen molar-refractivity contribution in [3.05, 3.63) is 64.1 Å². The molecule has 0 amide bonds. The first kappa shape index (κ1) is 14.1. The van der Waals surface area contributed by atoms with Crippen LogP contribution < -0.4 is 10.5 Å². The molecule has 2 aromatic rings. The van der Waals surface area contributed by atoms with Gasteiger partial charge in [0.15, 0.2) is 0 Å². The average Bonchev–Trinajstić information content (AvgIpc) is 2.46. The van der Waals surface area contributed by atoms with Crippen LogP contribution in [0.5, 0.6) is 5.75 Å². The Morgan fingerprint density at radius 2 is 1.79 bits per heavy atom. The molecule has 1 unspecified atom stereocenters. The summed E-state index contributed by atoms with van der Waals surface area (Å²) in [5, 5.41) is 0. The van der Waals surface area contributed by atoms with E-state index >= 15 is 0 Å². The molecule has 0 aromatic heterocycles. The molecule has 19 heavy (non-hydrogen) atoms. The normalized spacial score (nSPS) is 12.2. The van der Waals surface area contributed by atoms with Crippen LogP contribution >= 0.6 is 15.9 Å². The van der Waals surface area contributed by atoms with E-state index in [1.807, 2.05) is 24.3 Å². The molecular formula is C16H18BrNO. The molecule has 0 saturated heterocycles. The molecule has 0 heterocycles. The minimum Gasteiger partial charge on any atom is -0.488 e. The maximum absolute atomic E-state index is 5.78. The van der Waals surface area contributed by atoms with E-state index in [9.17, 15) is 0 Å². The second-order valence-corrected chi connectivity index (χ2v) is 5.45. The highest BCUT2D eigenvalue weighted by atomic mass is 79.9. The molecule has 0 aliphatic carbocycles. The third-order valence-electron chi connectivity index (χ3n) is 3.13. The first-order valence-corrected chi connectivity index (χ1v) is 7.16. The molecule has 0 bridgehead atoms. The van der Waals surface area contributed by atoms with Crippen molar-refractivity contribution in [3.8, 4) is 5.75 Å². The summed E-state index contributed by atoms with van der Waals surface area (Å²) in [6.45, 7) is 3.37. The van der Waals surface area contributed by atoms with Crippen molar-refractivity contribution in [3.63, 3.8) is 0 Å². The molecule has 0 spiro atoms. The van der Waals surface area contributed by atoms with E-state index in [-0.39, 0.29) is 0 Å². The lowest BCUT2D eigenvalue weighted by Crippen LogP contribution is -2.08. The predicted octanol–water partition coefficient (Wildman–Crippen LogP) is 4.09. The number of nitrogens with two attached hydrogens (primary N) is 1. The first-order chi connectivity index (χ1) is 9.20. The Morgan fingerprint density at radius 3 is 2.42 bits per heavy atom. The standard InChI is InChI=1S/C16H18BrNO/c1-12(10-18)14-8-6-13(7-9-14)11-19-16-5-3-2-4-15(16)17/h2-9,12H,10-11,18H2,1H3. The summed E-state index contributed by atoms with van der Waals surface area (Å²) in [4.78, 5) is 0. The molecule has 1 atom stereocenters. The third-order valence-corrected chi connectivity index (χ3v) is 3.79. The van der Waals surface area contributed by atoms with Crippen LogP contribution in [0.2, 0.25) is 0 Å². The Bertz CT molecular complexity index is 525. The molecule has 0 fully saturated rings. The lowest BCUT2D eigenvalue weighted by molar-refractivity contribution is 0.304. The molecule has 0 radical (unpaired) electrons. The highest BCUT2D eigenvalue weighted by Crippen LogP contribution is 2.25. The van der Waals surface area contributed by atoms with E-state index < -0.39 is 0 Å². The summed E-state index contributed by atoms with van der Waals surface area (Å²) in [6, 6.07) is 16.3. The van der Waals surface area contributed by atoms with Gasteiger partial charge < -0.3 is 10.5 Å². The van der Waals surface area contributed by atoms with Gasteiger partial charge in [-0.1, -0.05) is 43.3 Å². The maximum atomic E-state index is 5.78. The zero-order chi connectivity index (χ0) is 13.7. The van der Waals surface area contributed by atoms with Gasteiger partial charge in [0.05, 0.1) is 4.47 Å². The van der Waals surface area contributed by atoms with E-state index in [1.165, 1.54) is 5.56 Å². The lowest BCUT2D eigenvalue weighted by Gasteiger charge is -2.11. The fourth-order valence-corrected chi connectivity index (χ4v) is 2.20. The highest BCUT2D eigenvalue weighted by molar-refractivity contribution is 9.10. The fraction of sp³-hybridized carbons (Fsp3) is 0.250. The minimum absolute atomic E-state index is 0.401. The zero-order valence-corrected chi connectivity index (χ0v) is 12.6. The topological polar surface area (TPSA) is 35.2 Å². The molecule has 0 aliphatic heterocycles. The number of benzene rings is 2. The van der Waals surface area contributed by atoms with Crippen molar-refractivity contribution < 1.29 is 4.74 Å². The van der Waals surface area contributed by atoms with E-state index in [0.717, 1.165) is 15.8 Å². The van der Waals surface area contributed by atoms with Crippen LogP contribution in [0.15, 0.2) is 53.0 Å². The van der Waals surface area contributed by atoms with Gasteiger partial charge in [0.1, 0.15) is 12.4 Å². The van der Waals surface area contributed by atoms with E-state index in [2.05, 4.69) is 47.1 Å².